The molecule has 4 rings (SSSR count). The zero-order chi connectivity index (χ0) is 19.0. The summed E-state index contributed by atoms with van der Waals surface area (Å²) in [6, 6.07) is 1.84. The zero-order valence-electron chi connectivity index (χ0n) is 15.3. The number of hydrogen-bond donors (Lipinski definition) is 1. The Morgan fingerprint density at radius 3 is 2.93 bits per heavy atom. The zero-order valence-corrected chi connectivity index (χ0v) is 15.3. The Morgan fingerprint density at radius 1 is 1.30 bits per heavy atom. The van der Waals surface area contributed by atoms with Crippen LogP contribution in [0.3, 0.4) is 0 Å². The number of fused-ring (bicyclic) bond motifs is 2. The highest BCUT2D eigenvalue weighted by Crippen LogP contribution is 2.33. The van der Waals surface area contributed by atoms with Gasteiger partial charge in [0.05, 0.1) is 30.7 Å². The monoisotopic (exact) mass is 368 g/mol. The second-order valence-electron chi connectivity index (χ2n) is 6.40. The maximum atomic E-state index is 12.4. The van der Waals surface area contributed by atoms with Gasteiger partial charge in [0, 0.05) is 25.0 Å². The van der Waals surface area contributed by atoms with Crippen molar-refractivity contribution in [2.45, 2.75) is 20.0 Å². The largest absolute Gasteiger partial charge is 0.474 e. The number of anilines is 2. The van der Waals surface area contributed by atoms with Gasteiger partial charge in [-0.2, -0.15) is 0 Å². The number of aromatic nitrogens is 4. The number of rotatable bonds is 3. The molecule has 27 heavy (non-hydrogen) atoms. The van der Waals surface area contributed by atoms with E-state index in [0.717, 1.165) is 17.0 Å². The van der Waals surface area contributed by atoms with Gasteiger partial charge in [-0.05, 0) is 19.9 Å². The van der Waals surface area contributed by atoms with E-state index in [1.165, 1.54) is 0 Å². The molecule has 1 N–H and O–H groups in total. The van der Waals surface area contributed by atoms with E-state index in [4.69, 9.17) is 9.47 Å². The molecule has 3 aromatic rings. The third kappa shape index (κ3) is 3.23. The molecule has 0 radical (unpaired) electrons. The Balaban J connectivity index is 1.72. The summed E-state index contributed by atoms with van der Waals surface area (Å²) < 4.78 is 12.8. The average molecular weight is 368 g/mol. The standard InChI is InChI=1S/C18H20N6O3/c1-11(2)27-18(25)24-4-5-26-17-14(24)6-12(7-21-17)13-9-23-10-15(19-3)22-16(23)8-20-13/h6-11,19H,4-5H2,1-3H3. The lowest BCUT2D eigenvalue weighted by atomic mass is 10.2. The number of hydrogen-bond acceptors (Lipinski definition) is 7. The second kappa shape index (κ2) is 6.75. The van der Waals surface area contributed by atoms with Crippen LogP contribution in [0.25, 0.3) is 16.9 Å². The number of pyridine rings is 1. The first-order valence-corrected chi connectivity index (χ1v) is 8.69. The van der Waals surface area contributed by atoms with E-state index in [0.29, 0.717) is 30.4 Å². The maximum absolute atomic E-state index is 12.4. The Hall–Kier alpha value is -3.36. The van der Waals surface area contributed by atoms with Gasteiger partial charge in [-0.25, -0.2) is 14.8 Å². The number of carbonyl (C=O) groups is 1. The smallest absolute Gasteiger partial charge is 0.414 e. The van der Waals surface area contributed by atoms with Gasteiger partial charge in [0.2, 0.25) is 5.88 Å². The normalized spacial score (nSPS) is 13.4. The van der Waals surface area contributed by atoms with Crippen LogP contribution >= 0.6 is 0 Å². The van der Waals surface area contributed by atoms with Crippen LogP contribution in [0.2, 0.25) is 0 Å². The van der Waals surface area contributed by atoms with E-state index >= 15 is 0 Å². The van der Waals surface area contributed by atoms with Gasteiger partial charge in [-0.15, -0.1) is 0 Å². The maximum Gasteiger partial charge on any atom is 0.414 e. The molecule has 0 aliphatic carbocycles. The lowest BCUT2D eigenvalue weighted by Crippen LogP contribution is -2.39. The molecule has 0 saturated heterocycles. The molecule has 0 unspecified atom stereocenters. The quantitative estimate of drug-likeness (QED) is 0.759. The molecule has 0 atom stereocenters. The minimum atomic E-state index is -0.412. The fraction of sp³-hybridized carbons (Fsp3) is 0.333. The van der Waals surface area contributed by atoms with E-state index in [9.17, 15) is 4.79 Å². The summed E-state index contributed by atoms with van der Waals surface area (Å²) in [5.74, 6) is 1.17. The highest BCUT2D eigenvalue weighted by Gasteiger charge is 2.27. The van der Waals surface area contributed by atoms with Crippen LogP contribution in [0.15, 0.2) is 30.9 Å². The summed E-state index contributed by atoms with van der Waals surface area (Å²) in [5, 5.41) is 3.00. The Kier molecular flexibility index (Phi) is 4.27. The third-order valence-corrected chi connectivity index (χ3v) is 4.13. The average Bonchev–Trinajstić information content (AvgIpc) is 3.09. The molecule has 0 saturated carbocycles. The lowest BCUT2D eigenvalue weighted by Gasteiger charge is -2.28. The molecule has 3 aromatic heterocycles. The van der Waals surface area contributed by atoms with Crippen molar-refractivity contribution < 1.29 is 14.3 Å². The molecule has 1 amide bonds. The summed E-state index contributed by atoms with van der Waals surface area (Å²) in [6.45, 7) is 4.41. The molecule has 0 fully saturated rings. The number of nitrogens with zero attached hydrogens (tertiary/aromatic N) is 5. The van der Waals surface area contributed by atoms with E-state index in [2.05, 4.69) is 20.3 Å². The van der Waals surface area contributed by atoms with Crippen LogP contribution in [0.5, 0.6) is 5.88 Å². The number of imidazole rings is 1. The summed E-state index contributed by atoms with van der Waals surface area (Å²) in [5.41, 5.74) is 2.79. The topological polar surface area (TPSA) is 93.9 Å². The molecule has 0 aromatic carbocycles. The molecular weight excluding hydrogens is 348 g/mol. The molecule has 9 nitrogen and oxygen atoms in total. The Bertz CT molecular complexity index is 1000. The first-order valence-electron chi connectivity index (χ1n) is 8.69. The fourth-order valence-corrected chi connectivity index (χ4v) is 2.86. The molecule has 1 aliphatic heterocycles. The predicted molar refractivity (Wildman–Crippen MR) is 100 cm³/mol. The van der Waals surface area contributed by atoms with Gasteiger partial charge in [-0.3, -0.25) is 9.88 Å². The summed E-state index contributed by atoms with van der Waals surface area (Å²) in [6.07, 6.45) is 6.50. The van der Waals surface area contributed by atoms with Crippen LogP contribution in [0, 0.1) is 0 Å². The summed E-state index contributed by atoms with van der Waals surface area (Å²) in [7, 11) is 1.81. The predicted octanol–water partition coefficient (Wildman–Crippen LogP) is 2.58. The van der Waals surface area contributed by atoms with Crippen molar-refractivity contribution in [3.63, 3.8) is 0 Å². The van der Waals surface area contributed by atoms with Gasteiger partial charge in [0.15, 0.2) is 5.65 Å². The molecule has 4 heterocycles. The summed E-state index contributed by atoms with van der Waals surface area (Å²) >= 11 is 0. The number of amides is 1. The van der Waals surface area contributed by atoms with Crippen molar-refractivity contribution in [1.82, 2.24) is 19.4 Å². The molecule has 0 spiro atoms. The van der Waals surface area contributed by atoms with Crippen molar-refractivity contribution in [3.05, 3.63) is 30.9 Å². The van der Waals surface area contributed by atoms with Crippen LogP contribution in [0.4, 0.5) is 16.3 Å². The first-order chi connectivity index (χ1) is 13.0. The fourth-order valence-electron chi connectivity index (χ4n) is 2.86. The van der Waals surface area contributed by atoms with Crippen LogP contribution in [-0.2, 0) is 4.74 Å². The number of ether oxygens (including phenoxy) is 2. The van der Waals surface area contributed by atoms with Crippen molar-refractivity contribution >= 4 is 23.2 Å². The van der Waals surface area contributed by atoms with Crippen LogP contribution < -0.4 is 15.0 Å². The Labute approximate surface area is 156 Å². The number of carbonyl (C=O) groups excluding carboxylic acids is 1. The molecule has 140 valence electrons. The molecule has 9 heteroatoms. The molecular formula is C18H20N6O3. The van der Waals surface area contributed by atoms with Gasteiger partial charge in [-0.1, -0.05) is 0 Å². The summed E-state index contributed by atoms with van der Waals surface area (Å²) in [4.78, 5) is 27.2. The van der Waals surface area contributed by atoms with E-state index in [1.54, 1.807) is 17.3 Å². The van der Waals surface area contributed by atoms with Crippen molar-refractivity contribution in [2.75, 3.05) is 30.4 Å². The van der Waals surface area contributed by atoms with Crippen molar-refractivity contribution in [2.24, 2.45) is 0 Å². The highest BCUT2D eigenvalue weighted by molar-refractivity contribution is 5.90. The minimum Gasteiger partial charge on any atom is -0.474 e. The Morgan fingerprint density at radius 2 is 2.15 bits per heavy atom. The van der Waals surface area contributed by atoms with Gasteiger partial charge in [0.25, 0.3) is 0 Å². The van der Waals surface area contributed by atoms with Crippen molar-refractivity contribution in [1.29, 1.82) is 0 Å². The van der Waals surface area contributed by atoms with E-state index in [-0.39, 0.29) is 6.10 Å². The first kappa shape index (κ1) is 17.1. The van der Waals surface area contributed by atoms with E-state index in [1.807, 2.05) is 43.8 Å². The van der Waals surface area contributed by atoms with Gasteiger partial charge >= 0.3 is 6.09 Å². The van der Waals surface area contributed by atoms with Gasteiger partial charge in [0.1, 0.15) is 18.1 Å². The minimum absolute atomic E-state index is 0.202. The van der Waals surface area contributed by atoms with Crippen LogP contribution in [-0.4, -0.2) is 51.7 Å². The molecule has 0 bridgehead atoms. The van der Waals surface area contributed by atoms with Gasteiger partial charge < -0.3 is 19.2 Å². The van der Waals surface area contributed by atoms with Crippen LogP contribution in [0.1, 0.15) is 13.8 Å². The SMILES string of the molecule is CNc1cn2cc(-c3cnc4c(c3)N(C(=O)OC(C)C)CCO4)ncc2n1. The van der Waals surface area contributed by atoms with E-state index < -0.39 is 6.09 Å². The third-order valence-electron chi connectivity index (χ3n) is 4.13. The highest BCUT2D eigenvalue weighted by atomic mass is 16.6. The lowest BCUT2D eigenvalue weighted by molar-refractivity contribution is 0.120. The number of nitrogens with one attached hydrogen (secondary N) is 1. The van der Waals surface area contributed by atoms with Crippen molar-refractivity contribution in [3.8, 4) is 17.1 Å². The second-order valence-corrected chi connectivity index (χ2v) is 6.40. The molecule has 1 aliphatic rings.